The zero-order valence-corrected chi connectivity index (χ0v) is 21.0. The van der Waals surface area contributed by atoms with Crippen LogP contribution in [-0.4, -0.2) is 89.4 Å². The lowest BCUT2D eigenvalue weighted by molar-refractivity contribution is -0.0721. The molecule has 176 valence electrons. The summed E-state index contributed by atoms with van der Waals surface area (Å²) in [6, 6.07) is 0. The first-order valence-corrected chi connectivity index (χ1v) is 11.7. The first-order valence-electron chi connectivity index (χ1n) is 11.7. The van der Waals surface area contributed by atoms with E-state index in [9.17, 15) is 0 Å². The Morgan fingerprint density at radius 3 is 2.53 bits per heavy atom. The van der Waals surface area contributed by atoms with Crippen molar-refractivity contribution in [1.29, 1.82) is 0 Å². The lowest BCUT2D eigenvalue weighted by Crippen LogP contribution is -2.47. The summed E-state index contributed by atoms with van der Waals surface area (Å²) >= 11 is 0. The second-order valence-electron chi connectivity index (χ2n) is 8.47. The van der Waals surface area contributed by atoms with Gasteiger partial charge in [-0.1, -0.05) is 0 Å². The topological polar surface area (TPSA) is 64.6 Å². The molecule has 0 aromatic carbocycles. The smallest absolute Gasteiger partial charge is 0.193 e. The molecule has 1 N–H and O–H groups in total. The largest absolute Gasteiger partial charge is 0.381 e. The van der Waals surface area contributed by atoms with Gasteiger partial charge in [0.25, 0.3) is 0 Å². The van der Waals surface area contributed by atoms with E-state index in [0.717, 1.165) is 104 Å². The molecule has 1 unspecified atom stereocenters. The van der Waals surface area contributed by atoms with Crippen molar-refractivity contribution in [3.05, 3.63) is 0 Å². The molecule has 0 amide bonds. The summed E-state index contributed by atoms with van der Waals surface area (Å²) in [7, 11) is 1.87. The molecular formula is C22H42IN3O4. The van der Waals surface area contributed by atoms with E-state index < -0.39 is 0 Å². The fraction of sp³-hybridized carbons (Fsp3) is 0.955. The summed E-state index contributed by atoms with van der Waals surface area (Å²) in [4.78, 5) is 6.81. The maximum absolute atomic E-state index is 6.12. The molecule has 0 radical (unpaired) electrons. The quantitative estimate of drug-likeness (QED) is 0.210. The van der Waals surface area contributed by atoms with Gasteiger partial charge >= 0.3 is 0 Å². The number of likely N-dealkylation sites (tertiary alicyclic amines) is 1. The molecule has 3 aliphatic rings. The molecule has 3 fully saturated rings. The number of nitrogens with one attached hydrogen (secondary N) is 1. The van der Waals surface area contributed by atoms with Gasteiger partial charge in [-0.05, 0) is 57.3 Å². The van der Waals surface area contributed by atoms with E-state index >= 15 is 0 Å². The molecule has 0 spiro atoms. The molecule has 30 heavy (non-hydrogen) atoms. The van der Waals surface area contributed by atoms with E-state index in [1.54, 1.807) is 0 Å². The number of halogens is 1. The molecule has 3 saturated heterocycles. The Morgan fingerprint density at radius 1 is 1.03 bits per heavy atom. The molecule has 1 atom stereocenters. The van der Waals surface area contributed by atoms with E-state index in [4.69, 9.17) is 18.9 Å². The highest BCUT2D eigenvalue weighted by Crippen LogP contribution is 2.18. The Morgan fingerprint density at radius 2 is 1.83 bits per heavy atom. The van der Waals surface area contributed by atoms with Crippen LogP contribution in [0.1, 0.15) is 51.4 Å². The summed E-state index contributed by atoms with van der Waals surface area (Å²) < 4.78 is 23.1. The average molecular weight is 539 g/mol. The number of guanidine groups is 1. The maximum atomic E-state index is 6.12. The summed E-state index contributed by atoms with van der Waals surface area (Å²) in [5.74, 6) is 1.68. The zero-order chi connectivity index (χ0) is 20.2. The van der Waals surface area contributed by atoms with E-state index in [2.05, 4.69) is 15.2 Å². The molecule has 3 heterocycles. The van der Waals surface area contributed by atoms with Crippen molar-refractivity contribution in [3.63, 3.8) is 0 Å². The van der Waals surface area contributed by atoms with Crippen LogP contribution >= 0.6 is 24.0 Å². The van der Waals surface area contributed by atoms with Crippen LogP contribution in [-0.2, 0) is 18.9 Å². The molecule has 3 rings (SSSR count). The summed E-state index contributed by atoms with van der Waals surface area (Å²) in [6.07, 6.45) is 9.67. The van der Waals surface area contributed by atoms with Crippen LogP contribution in [0.4, 0.5) is 0 Å². The van der Waals surface area contributed by atoms with E-state index in [-0.39, 0.29) is 24.0 Å². The normalized spacial score (nSPS) is 24.5. The minimum absolute atomic E-state index is 0. The highest BCUT2D eigenvalue weighted by Gasteiger charge is 2.23. The minimum atomic E-state index is 0. The number of nitrogens with zero attached hydrogens (tertiary/aromatic N) is 2. The van der Waals surface area contributed by atoms with Crippen LogP contribution in [0.25, 0.3) is 0 Å². The predicted molar refractivity (Wildman–Crippen MR) is 130 cm³/mol. The monoisotopic (exact) mass is 539 g/mol. The van der Waals surface area contributed by atoms with Gasteiger partial charge in [-0.2, -0.15) is 0 Å². The minimum Gasteiger partial charge on any atom is -0.381 e. The first kappa shape index (κ1) is 26.1. The summed E-state index contributed by atoms with van der Waals surface area (Å²) in [6.45, 7) is 8.00. The van der Waals surface area contributed by atoms with Gasteiger partial charge in [0.15, 0.2) is 5.96 Å². The second kappa shape index (κ2) is 15.6. The molecule has 3 aliphatic heterocycles. The van der Waals surface area contributed by atoms with E-state index in [0.29, 0.717) is 18.1 Å². The van der Waals surface area contributed by atoms with Crippen LogP contribution in [0, 0.1) is 5.92 Å². The average Bonchev–Trinajstić information content (AvgIpc) is 2.79. The van der Waals surface area contributed by atoms with Gasteiger partial charge in [-0.25, -0.2) is 0 Å². The van der Waals surface area contributed by atoms with Gasteiger partial charge in [0.05, 0.1) is 18.8 Å². The third-order valence-corrected chi connectivity index (χ3v) is 6.19. The number of piperidine rings is 1. The van der Waals surface area contributed by atoms with E-state index in [1.165, 1.54) is 12.8 Å². The number of hydrogen-bond acceptors (Lipinski definition) is 5. The zero-order valence-electron chi connectivity index (χ0n) is 18.7. The fourth-order valence-corrected chi connectivity index (χ4v) is 4.29. The SMILES string of the molecule is CN=C(NCCCOCC1CCOCC1)N1CCC(OCC2CCCCO2)CC1.I. The van der Waals surface area contributed by atoms with Gasteiger partial charge in [0, 0.05) is 59.7 Å². The predicted octanol–water partition coefficient (Wildman–Crippen LogP) is 3.06. The van der Waals surface area contributed by atoms with Crippen LogP contribution in [0.5, 0.6) is 0 Å². The molecule has 8 heteroatoms. The van der Waals surface area contributed by atoms with E-state index in [1.807, 2.05) is 7.05 Å². The van der Waals surface area contributed by atoms with Crippen molar-refractivity contribution in [2.75, 3.05) is 66.3 Å². The molecule has 0 aliphatic carbocycles. The standard InChI is InChI=1S/C22H41N3O4.HI/c1-23-22(24-10-4-13-27-17-19-8-15-26-16-9-19)25-11-6-20(7-12-25)29-18-21-5-2-3-14-28-21;/h19-21H,2-18H2,1H3,(H,23,24);1H. The van der Waals surface area contributed by atoms with Gasteiger partial charge in [-0.15, -0.1) is 24.0 Å². The van der Waals surface area contributed by atoms with Crippen LogP contribution in [0.3, 0.4) is 0 Å². The number of aliphatic imine (C=N–C) groups is 1. The fourth-order valence-electron chi connectivity index (χ4n) is 4.29. The lowest BCUT2D eigenvalue weighted by Gasteiger charge is -2.35. The Balaban J connectivity index is 0.00000320. The second-order valence-corrected chi connectivity index (χ2v) is 8.47. The molecule has 0 bridgehead atoms. The molecule has 0 aromatic heterocycles. The molecule has 7 nitrogen and oxygen atoms in total. The van der Waals surface area contributed by atoms with Gasteiger partial charge < -0.3 is 29.2 Å². The maximum Gasteiger partial charge on any atom is 0.193 e. The highest BCUT2D eigenvalue weighted by molar-refractivity contribution is 14.0. The van der Waals surface area contributed by atoms with Crippen molar-refractivity contribution >= 4 is 29.9 Å². The van der Waals surface area contributed by atoms with Crippen molar-refractivity contribution in [2.24, 2.45) is 10.9 Å². The third-order valence-electron chi connectivity index (χ3n) is 6.19. The Labute approximate surface area is 199 Å². The van der Waals surface area contributed by atoms with Gasteiger partial charge in [0.1, 0.15) is 0 Å². The van der Waals surface area contributed by atoms with Crippen molar-refractivity contribution in [3.8, 4) is 0 Å². The molecular weight excluding hydrogens is 497 g/mol. The first-order chi connectivity index (χ1) is 14.3. The number of rotatable bonds is 9. The van der Waals surface area contributed by atoms with Crippen LogP contribution < -0.4 is 5.32 Å². The van der Waals surface area contributed by atoms with Crippen molar-refractivity contribution in [1.82, 2.24) is 10.2 Å². The van der Waals surface area contributed by atoms with Gasteiger partial charge in [0.2, 0.25) is 0 Å². The van der Waals surface area contributed by atoms with Crippen LogP contribution in [0.2, 0.25) is 0 Å². The number of hydrogen-bond donors (Lipinski definition) is 1. The molecule has 0 saturated carbocycles. The van der Waals surface area contributed by atoms with Crippen LogP contribution in [0.15, 0.2) is 4.99 Å². The van der Waals surface area contributed by atoms with Crippen molar-refractivity contribution in [2.45, 2.75) is 63.6 Å². The number of ether oxygens (including phenoxy) is 4. The molecule has 0 aromatic rings. The van der Waals surface area contributed by atoms with Crippen molar-refractivity contribution < 1.29 is 18.9 Å². The van der Waals surface area contributed by atoms with Gasteiger partial charge in [-0.3, -0.25) is 4.99 Å². The third kappa shape index (κ3) is 9.54. The Bertz CT molecular complexity index is 463. The highest BCUT2D eigenvalue weighted by atomic mass is 127. The summed E-state index contributed by atoms with van der Waals surface area (Å²) in [5.41, 5.74) is 0. The Kier molecular flexibility index (Phi) is 13.6. The summed E-state index contributed by atoms with van der Waals surface area (Å²) in [5, 5.41) is 3.49. The Hall–Kier alpha value is -0.160. The lowest BCUT2D eigenvalue weighted by atomic mass is 10.0.